The molecule has 0 aliphatic carbocycles. The highest BCUT2D eigenvalue weighted by molar-refractivity contribution is 7.89. The lowest BCUT2D eigenvalue weighted by molar-refractivity contribution is 0.0748. The largest absolute Gasteiger partial charge is 0.337 e. The van der Waals surface area contributed by atoms with Gasteiger partial charge < -0.3 is 10.2 Å². The van der Waals surface area contributed by atoms with Crippen LogP contribution in [0.2, 0.25) is 0 Å². The molecule has 3 rings (SSSR count). The number of amides is 1. The van der Waals surface area contributed by atoms with Gasteiger partial charge in [0.05, 0.1) is 4.90 Å². The lowest BCUT2D eigenvalue weighted by atomic mass is 10.1. The molecular formula is C17H25N3O3S. The van der Waals surface area contributed by atoms with E-state index in [-0.39, 0.29) is 10.8 Å². The summed E-state index contributed by atoms with van der Waals surface area (Å²) in [5, 5.41) is 3.56. The second-order valence-electron chi connectivity index (χ2n) is 6.60. The molecule has 2 fully saturated rings. The van der Waals surface area contributed by atoms with E-state index in [1.165, 1.54) is 18.6 Å². The van der Waals surface area contributed by atoms with Gasteiger partial charge in [0.25, 0.3) is 5.91 Å². The summed E-state index contributed by atoms with van der Waals surface area (Å²) in [7, 11) is -3.49. The van der Waals surface area contributed by atoms with Gasteiger partial charge in [-0.05, 0) is 49.9 Å². The molecule has 0 radical (unpaired) electrons. The first kappa shape index (κ1) is 17.4. The molecule has 2 saturated heterocycles. The zero-order chi connectivity index (χ0) is 17.2. The molecule has 132 valence electrons. The molecule has 24 heavy (non-hydrogen) atoms. The van der Waals surface area contributed by atoms with Crippen molar-refractivity contribution in [3.05, 3.63) is 29.8 Å². The van der Waals surface area contributed by atoms with Crippen LogP contribution in [0.5, 0.6) is 0 Å². The molecular weight excluding hydrogens is 326 g/mol. The molecule has 6 nitrogen and oxygen atoms in total. The molecule has 2 aliphatic rings. The summed E-state index contributed by atoms with van der Waals surface area (Å²) in [4.78, 5) is 14.8. The van der Waals surface area contributed by atoms with Crippen LogP contribution in [-0.2, 0) is 10.0 Å². The van der Waals surface area contributed by atoms with Gasteiger partial charge in [0.1, 0.15) is 0 Å². The molecule has 0 saturated carbocycles. The predicted molar refractivity (Wildman–Crippen MR) is 92.4 cm³/mol. The third-order valence-electron chi connectivity index (χ3n) is 4.76. The van der Waals surface area contributed by atoms with Gasteiger partial charge in [0, 0.05) is 37.3 Å². The molecule has 2 N–H and O–H groups in total. The summed E-state index contributed by atoms with van der Waals surface area (Å²) in [5.74, 6) is -0.0187. The van der Waals surface area contributed by atoms with Crippen molar-refractivity contribution < 1.29 is 13.2 Å². The Morgan fingerprint density at radius 3 is 2.62 bits per heavy atom. The average Bonchev–Trinajstić information content (AvgIpc) is 2.91. The van der Waals surface area contributed by atoms with E-state index in [1.54, 1.807) is 12.1 Å². The van der Waals surface area contributed by atoms with E-state index in [0.717, 1.165) is 32.4 Å². The quantitative estimate of drug-likeness (QED) is 0.839. The highest BCUT2D eigenvalue weighted by Gasteiger charge is 2.31. The van der Waals surface area contributed by atoms with Crippen LogP contribution in [0, 0.1) is 0 Å². The number of carbonyl (C=O) groups is 1. The van der Waals surface area contributed by atoms with Gasteiger partial charge in [-0.25, -0.2) is 13.1 Å². The van der Waals surface area contributed by atoms with Crippen molar-refractivity contribution >= 4 is 15.9 Å². The molecule has 0 unspecified atom stereocenters. The fraction of sp³-hybridized carbons (Fsp3) is 0.588. The molecule has 0 aromatic heterocycles. The second-order valence-corrected chi connectivity index (χ2v) is 8.37. The lowest BCUT2D eigenvalue weighted by Gasteiger charge is -2.24. The number of fused-ring (bicyclic) bond motifs is 2. The van der Waals surface area contributed by atoms with Crippen LogP contribution in [0.3, 0.4) is 0 Å². The first-order chi connectivity index (χ1) is 11.5. The van der Waals surface area contributed by atoms with E-state index in [4.69, 9.17) is 0 Å². The average molecular weight is 351 g/mol. The lowest BCUT2D eigenvalue weighted by Crippen LogP contribution is -2.39. The summed E-state index contributed by atoms with van der Waals surface area (Å²) >= 11 is 0. The van der Waals surface area contributed by atoms with Crippen molar-refractivity contribution in [1.82, 2.24) is 14.9 Å². The fourth-order valence-corrected chi connectivity index (χ4v) is 4.54. The van der Waals surface area contributed by atoms with Crippen molar-refractivity contribution in [1.29, 1.82) is 0 Å². The Balaban J connectivity index is 1.70. The minimum absolute atomic E-state index is 0.0187. The Morgan fingerprint density at radius 1 is 1.21 bits per heavy atom. The number of benzene rings is 1. The Bertz CT molecular complexity index is 688. The highest BCUT2D eigenvalue weighted by atomic mass is 32.2. The number of nitrogens with one attached hydrogen (secondary N) is 2. The summed E-state index contributed by atoms with van der Waals surface area (Å²) in [6.45, 7) is 3.80. The van der Waals surface area contributed by atoms with E-state index in [0.29, 0.717) is 24.2 Å². The maximum absolute atomic E-state index is 12.7. The third-order valence-corrected chi connectivity index (χ3v) is 6.24. The van der Waals surface area contributed by atoms with Crippen molar-refractivity contribution in [2.75, 3.05) is 19.6 Å². The van der Waals surface area contributed by atoms with Gasteiger partial charge in [-0.2, -0.15) is 0 Å². The summed E-state index contributed by atoms with van der Waals surface area (Å²) in [6, 6.07) is 7.16. The SMILES string of the molecule is CCCNS(=O)(=O)c1ccc(C(=O)N2CC[C@@H]3CC[C@H](C2)N3)cc1. The highest BCUT2D eigenvalue weighted by Crippen LogP contribution is 2.22. The normalized spacial score (nSPS) is 24.0. The summed E-state index contributed by atoms with van der Waals surface area (Å²) < 4.78 is 26.7. The Hall–Kier alpha value is -1.44. The van der Waals surface area contributed by atoms with E-state index in [2.05, 4.69) is 10.0 Å². The molecule has 1 aromatic rings. The number of hydrogen-bond donors (Lipinski definition) is 2. The Labute approximate surface area is 143 Å². The second kappa shape index (κ2) is 7.21. The molecule has 0 spiro atoms. The van der Waals surface area contributed by atoms with E-state index < -0.39 is 10.0 Å². The Morgan fingerprint density at radius 2 is 1.92 bits per heavy atom. The van der Waals surface area contributed by atoms with Crippen molar-refractivity contribution in [3.63, 3.8) is 0 Å². The van der Waals surface area contributed by atoms with Crippen LogP contribution < -0.4 is 10.0 Å². The molecule has 2 heterocycles. The first-order valence-corrected chi connectivity index (χ1v) is 10.1. The van der Waals surface area contributed by atoms with Crippen LogP contribution in [0.4, 0.5) is 0 Å². The number of rotatable bonds is 5. The number of sulfonamides is 1. The van der Waals surface area contributed by atoms with E-state index in [1.807, 2.05) is 11.8 Å². The van der Waals surface area contributed by atoms with Crippen molar-refractivity contribution in [2.45, 2.75) is 49.6 Å². The smallest absolute Gasteiger partial charge is 0.253 e. The van der Waals surface area contributed by atoms with Gasteiger partial charge in [-0.3, -0.25) is 4.79 Å². The maximum atomic E-state index is 12.7. The van der Waals surface area contributed by atoms with Crippen LogP contribution >= 0.6 is 0 Å². The zero-order valence-electron chi connectivity index (χ0n) is 14.0. The summed E-state index contributed by atoms with van der Waals surface area (Å²) in [6.07, 6.45) is 4.04. The van der Waals surface area contributed by atoms with Gasteiger partial charge in [0.2, 0.25) is 10.0 Å². The molecule has 1 amide bonds. The van der Waals surface area contributed by atoms with Crippen LogP contribution in [0.1, 0.15) is 43.0 Å². The molecule has 2 bridgehead atoms. The maximum Gasteiger partial charge on any atom is 0.253 e. The minimum atomic E-state index is -3.49. The van der Waals surface area contributed by atoms with Crippen LogP contribution in [0.15, 0.2) is 29.2 Å². The molecule has 7 heteroatoms. The number of nitrogens with zero attached hydrogens (tertiary/aromatic N) is 1. The third kappa shape index (κ3) is 3.79. The number of carbonyl (C=O) groups excluding carboxylic acids is 1. The van der Waals surface area contributed by atoms with Crippen molar-refractivity contribution in [2.24, 2.45) is 0 Å². The fourth-order valence-electron chi connectivity index (χ4n) is 3.41. The predicted octanol–water partition coefficient (Wildman–Crippen LogP) is 1.34. The zero-order valence-corrected chi connectivity index (χ0v) is 14.8. The van der Waals surface area contributed by atoms with Gasteiger partial charge in [-0.1, -0.05) is 6.92 Å². The number of likely N-dealkylation sites (tertiary alicyclic amines) is 1. The Kier molecular flexibility index (Phi) is 5.22. The summed E-state index contributed by atoms with van der Waals surface area (Å²) in [5.41, 5.74) is 0.544. The molecule has 2 aliphatic heterocycles. The van der Waals surface area contributed by atoms with Gasteiger partial charge in [-0.15, -0.1) is 0 Å². The van der Waals surface area contributed by atoms with E-state index >= 15 is 0 Å². The monoisotopic (exact) mass is 351 g/mol. The molecule has 2 atom stereocenters. The number of hydrogen-bond acceptors (Lipinski definition) is 4. The van der Waals surface area contributed by atoms with Crippen LogP contribution in [-0.4, -0.2) is 50.9 Å². The first-order valence-electron chi connectivity index (χ1n) is 8.64. The van der Waals surface area contributed by atoms with Gasteiger partial charge >= 0.3 is 0 Å². The van der Waals surface area contributed by atoms with Gasteiger partial charge in [0.15, 0.2) is 0 Å². The molecule has 1 aromatic carbocycles. The van der Waals surface area contributed by atoms with Crippen molar-refractivity contribution in [3.8, 4) is 0 Å². The van der Waals surface area contributed by atoms with Crippen LogP contribution in [0.25, 0.3) is 0 Å². The topological polar surface area (TPSA) is 78.5 Å². The van der Waals surface area contributed by atoms with E-state index in [9.17, 15) is 13.2 Å². The standard InChI is InChI=1S/C17H25N3O3S/c1-2-10-18-24(22,23)16-7-3-13(4-8-16)17(21)20-11-9-14-5-6-15(12-20)19-14/h3-4,7-8,14-15,18-19H,2,5-6,9-12H2,1H3/t14-,15+/m0/s1. The minimum Gasteiger partial charge on any atom is -0.337 e.